The predicted molar refractivity (Wildman–Crippen MR) is 54.9 cm³/mol. The minimum absolute atomic E-state index is 0.0000992. The number of aromatic nitrogens is 1. The van der Waals surface area contributed by atoms with E-state index in [1.807, 2.05) is 0 Å². The fraction of sp³-hybridized carbons (Fsp3) is 0.545. The summed E-state index contributed by atoms with van der Waals surface area (Å²) in [7, 11) is 0. The van der Waals surface area contributed by atoms with Gasteiger partial charge in [-0.15, -0.1) is 0 Å². The van der Waals surface area contributed by atoms with Crippen molar-refractivity contribution in [3.05, 3.63) is 18.3 Å². The Morgan fingerprint density at radius 3 is 3.07 bits per heavy atom. The van der Waals surface area contributed by atoms with E-state index in [0.29, 0.717) is 12.4 Å². The Bertz CT molecular complexity index is 312. The lowest BCUT2D eigenvalue weighted by Gasteiger charge is -2.25. The summed E-state index contributed by atoms with van der Waals surface area (Å²) < 4.78 is 10.5. The third-order valence-electron chi connectivity index (χ3n) is 2.45. The van der Waals surface area contributed by atoms with Gasteiger partial charge in [-0.25, -0.2) is 4.98 Å². The zero-order chi connectivity index (χ0) is 10.5. The quantitative estimate of drug-likeness (QED) is 0.748. The predicted octanol–water partition coefficient (Wildman–Crippen LogP) is 1.59. The lowest BCUT2D eigenvalue weighted by Crippen LogP contribution is -2.27. The number of pyridine rings is 1. The molecule has 2 heterocycles. The maximum atomic E-state index is 9.10. The van der Waals surface area contributed by atoms with E-state index in [9.17, 15) is 0 Å². The van der Waals surface area contributed by atoms with Crippen LogP contribution in [-0.4, -0.2) is 29.9 Å². The molecular weight excluding hydrogens is 194 g/mol. The van der Waals surface area contributed by atoms with Gasteiger partial charge in [0.05, 0.1) is 19.8 Å². The molecule has 1 aromatic heterocycles. The van der Waals surface area contributed by atoms with Gasteiger partial charge in [-0.2, -0.15) is 0 Å². The Morgan fingerprint density at radius 1 is 1.53 bits per heavy atom. The molecule has 0 radical (unpaired) electrons. The second-order valence-corrected chi connectivity index (χ2v) is 3.74. The molecule has 1 fully saturated rings. The minimum Gasteiger partial charge on any atom is -0.493 e. The summed E-state index contributed by atoms with van der Waals surface area (Å²) in [4.78, 5) is 3.68. The van der Waals surface area contributed by atoms with Crippen LogP contribution in [0.1, 0.15) is 12.8 Å². The summed E-state index contributed by atoms with van der Waals surface area (Å²) in [5.74, 6) is 1.40. The van der Waals surface area contributed by atoms with Gasteiger partial charge < -0.3 is 14.6 Å². The van der Waals surface area contributed by atoms with E-state index >= 15 is 0 Å². The monoisotopic (exact) mass is 209 g/mol. The number of nitrogens with zero attached hydrogens (tertiary/aromatic N) is 1. The summed E-state index contributed by atoms with van der Waals surface area (Å²) >= 11 is 0. The van der Waals surface area contributed by atoms with E-state index in [4.69, 9.17) is 14.6 Å². The molecule has 4 nitrogen and oxygen atoms in total. The summed E-state index contributed by atoms with van der Waals surface area (Å²) in [6.45, 7) is 2.48. The average molecular weight is 209 g/mol. The van der Waals surface area contributed by atoms with Crippen molar-refractivity contribution in [2.45, 2.75) is 12.8 Å². The first kappa shape index (κ1) is 10.2. The molecule has 0 bridgehead atoms. The highest BCUT2D eigenvalue weighted by atomic mass is 16.5. The molecular formula is C11H15NO3. The molecule has 82 valence electrons. The van der Waals surface area contributed by atoms with Crippen LogP contribution in [0.2, 0.25) is 0 Å². The van der Waals surface area contributed by atoms with Crippen LogP contribution in [0.25, 0.3) is 0 Å². The van der Waals surface area contributed by atoms with E-state index in [1.54, 1.807) is 6.07 Å². The molecule has 2 rings (SSSR count). The first-order valence-corrected chi connectivity index (χ1v) is 5.20. The molecule has 1 aromatic rings. The lowest BCUT2D eigenvalue weighted by molar-refractivity contribution is -0.0373. The summed E-state index contributed by atoms with van der Waals surface area (Å²) in [6.07, 6.45) is 3.71. The molecule has 4 heteroatoms. The highest BCUT2D eigenvalue weighted by Crippen LogP contribution is 2.18. The van der Waals surface area contributed by atoms with Crippen molar-refractivity contribution < 1.29 is 14.6 Å². The van der Waals surface area contributed by atoms with Gasteiger partial charge in [-0.05, 0) is 18.9 Å². The third-order valence-corrected chi connectivity index (χ3v) is 2.45. The number of ether oxygens (including phenoxy) is 2. The molecule has 15 heavy (non-hydrogen) atoms. The smallest absolute Gasteiger partial charge is 0.214 e. The van der Waals surface area contributed by atoms with Crippen LogP contribution < -0.4 is 4.74 Å². The molecule has 0 aliphatic carbocycles. The topological polar surface area (TPSA) is 51.6 Å². The van der Waals surface area contributed by atoms with Crippen LogP contribution in [-0.2, 0) is 4.74 Å². The maximum Gasteiger partial charge on any atom is 0.214 e. The molecule has 0 spiro atoms. The van der Waals surface area contributed by atoms with Crippen molar-refractivity contribution in [1.29, 1.82) is 0 Å². The van der Waals surface area contributed by atoms with Crippen molar-refractivity contribution in [2.24, 2.45) is 5.92 Å². The number of rotatable bonds is 5. The molecule has 1 aliphatic heterocycles. The molecule has 0 aromatic carbocycles. The molecule has 0 saturated carbocycles. The van der Waals surface area contributed by atoms with Crippen molar-refractivity contribution >= 4 is 0 Å². The first-order valence-electron chi connectivity index (χ1n) is 5.20. The van der Waals surface area contributed by atoms with Gasteiger partial charge in [0.2, 0.25) is 5.88 Å². The molecule has 1 saturated heterocycles. The van der Waals surface area contributed by atoms with Crippen LogP contribution >= 0.6 is 0 Å². The Labute approximate surface area is 88.9 Å². The number of hydrogen-bond donors (Lipinski definition) is 1. The van der Waals surface area contributed by atoms with Gasteiger partial charge in [-0.3, -0.25) is 0 Å². The van der Waals surface area contributed by atoms with Crippen LogP contribution in [0.15, 0.2) is 18.3 Å². The number of hydrogen-bond acceptors (Lipinski definition) is 4. The van der Waals surface area contributed by atoms with Crippen LogP contribution in [0.5, 0.6) is 11.6 Å². The molecule has 1 aliphatic rings. The van der Waals surface area contributed by atoms with E-state index in [0.717, 1.165) is 32.0 Å². The highest BCUT2D eigenvalue weighted by Gasteiger charge is 2.17. The second-order valence-electron chi connectivity index (χ2n) is 3.74. The zero-order valence-electron chi connectivity index (χ0n) is 8.56. The van der Waals surface area contributed by atoms with Crippen molar-refractivity contribution in [1.82, 2.24) is 4.98 Å². The summed E-state index contributed by atoms with van der Waals surface area (Å²) in [6, 6.07) is 3.26. The summed E-state index contributed by atoms with van der Waals surface area (Å²) in [5, 5.41) is 9.10. The van der Waals surface area contributed by atoms with Crippen LogP contribution in [0.3, 0.4) is 0 Å². The Morgan fingerprint density at radius 2 is 2.40 bits per heavy atom. The first-order chi connectivity index (χ1) is 7.34. The van der Waals surface area contributed by atoms with Crippen molar-refractivity contribution in [3.8, 4) is 11.6 Å². The fourth-order valence-electron chi connectivity index (χ4n) is 1.50. The molecule has 0 amide bonds. The normalized spacial score (nSPS) is 16.0. The van der Waals surface area contributed by atoms with Gasteiger partial charge >= 0.3 is 0 Å². The van der Waals surface area contributed by atoms with E-state index in [-0.39, 0.29) is 5.88 Å². The molecule has 0 atom stereocenters. The van der Waals surface area contributed by atoms with Gasteiger partial charge in [0, 0.05) is 18.2 Å². The third kappa shape index (κ3) is 3.09. The fourth-order valence-corrected chi connectivity index (χ4v) is 1.50. The van der Waals surface area contributed by atoms with Crippen molar-refractivity contribution in [2.75, 3.05) is 19.8 Å². The van der Waals surface area contributed by atoms with E-state index < -0.39 is 0 Å². The second kappa shape index (κ2) is 4.98. The van der Waals surface area contributed by atoms with Gasteiger partial charge in [0.15, 0.2) is 0 Å². The van der Waals surface area contributed by atoms with E-state index in [1.165, 1.54) is 12.3 Å². The van der Waals surface area contributed by atoms with Crippen LogP contribution in [0, 0.1) is 5.92 Å². The zero-order valence-corrected chi connectivity index (χ0v) is 8.56. The average Bonchev–Trinajstić information content (AvgIpc) is 2.15. The Hall–Kier alpha value is -1.29. The Kier molecular flexibility index (Phi) is 3.40. The number of aromatic hydroxyl groups is 1. The van der Waals surface area contributed by atoms with E-state index in [2.05, 4.69) is 4.98 Å². The van der Waals surface area contributed by atoms with Crippen LogP contribution in [0.4, 0.5) is 0 Å². The maximum absolute atomic E-state index is 9.10. The summed E-state index contributed by atoms with van der Waals surface area (Å²) in [5.41, 5.74) is 0. The SMILES string of the molecule is Oc1cc(OCCCC2COC2)ccn1. The highest BCUT2D eigenvalue weighted by molar-refractivity contribution is 5.24. The van der Waals surface area contributed by atoms with Gasteiger partial charge in [-0.1, -0.05) is 0 Å². The minimum atomic E-state index is -0.0000992. The standard InChI is InChI=1S/C11H15NO3/c13-11-6-10(3-4-12-11)15-5-1-2-9-7-14-8-9/h3-4,6,9H,1-2,5,7-8H2,(H,12,13). The molecule has 0 unspecified atom stereocenters. The molecule has 1 N–H and O–H groups in total. The Balaban J connectivity index is 1.64. The largest absolute Gasteiger partial charge is 0.493 e. The lowest BCUT2D eigenvalue weighted by atomic mass is 10.0. The van der Waals surface area contributed by atoms with Gasteiger partial charge in [0.25, 0.3) is 0 Å². The van der Waals surface area contributed by atoms with Gasteiger partial charge in [0.1, 0.15) is 5.75 Å². The van der Waals surface area contributed by atoms with Crippen molar-refractivity contribution in [3.63, 3.8) is 0 Å².